The van der Waals surface area contributed by atoms with Crippen LogP contribution in [0.4, 0.5) is 15.3 Å². The maximum Gasteiger partial charge on any atom is 0.407 e. The van der Waals surface area contributed by atoms with Gasteiger partial charge in [-0.3, -0.25) is 9.59 Å². The lowest BCUT2D eigenvalue weighted by molar-refractivity contribution is -0.123. The predicted octanol–water partition coefficient (Wildman–Crippen LogP) is 4.58. The molecule has 0 unspecified atom stereocenters. The fourth-order valence-electron chi connectivity index (χ4n) is 3.93. The number of rotatable bonds is 14. The molecule has 0 aliphatic heterocycles. The van der Waals surface area contributed by atoms with Gasteiger partial charge in [-0.25, -0.2) is 9.59 Å². The van der Waals surface area contributed by atoms with E-state index >= 15 is 0 Å². The lowest BCUT2D eigenvalue weighted by atomic mass is 10.1. The molecule has 0 fully saturated rings. The second kappa shape index (κ2) is 16.9. The number of hydrogen-bond donors (Lipinski definition) is 5. The van der Waals surface area contributed by atoms with Gasteiger partial charge in [-0.1, -0.05) is 77.8 Å². The Hall–Kier alpha value is -4.28. The summed E-state index contributed by atoms with van der Waals surface area (Å²) in [6, 6.07) is 19.8. The van der Waals surface area contributed by atoms with Crippen LogP contribution in [0.5, 0.6) is 0 Å². The molecule has 0 spiro atoms. The van der Waals surface area contributed by atoms with Crippen molar-refractivity contribution in [2.24, 2.45) is 5.73 Å². The van der Waals surface area contributed by atoms with Crippen LogP contribution >= 0.6 is 23.2 Å². The Morgan fingerprint density at radius 1 is 0.833 bits per heavy atom. The van der Waals surface area contributed by atoms with Crippen molar-refractivity contribution in [3.8, 4) is 0 Å². The molecule has 0 saturated heterocycles. The number of amides is 5. The van der Waals surface area contributed by atoms with Crippen molar-refractivity contribution in [1.82, 2.24) is 16.0 Å². The average Bonchev–Trinajstić information content (AvgIpc) is 2.96. The van der Waals surface area contributed by atoms with Gasteiger partial charge < -0.3 is 31.7 Å². The normalized spacial score (nSPS) is 11.2. The highest BCUT2D eigenvalue weighted by Gasteiger charge is 2.21. The lowest BCUT2D eigenvalue weighted by Gasteiger charge is -2.19. The van der Waals surface area contributed by atoms with E-state index in [1.165, 1.54) is 6.07 Å². The number of alkyl carbamates (subject to hydrolysis) is 1. The number of benzene rings is 3. The predicted molar refractivity (Wildman–Crippen MR) is 162 cm³/mol. The first-order chi connectivity index (χ1) is 20.2. The third kappa shape index (κ3) is 11.7. The summed E-state index contributed by atoms with van der Waals surface area (Å²) in [5, 5.41) is 11.5. The number of carbonyl (C=O) groups is 4. The van der Waals surface area contributed by atoms with E-state index in [1.807, 2.05) is 54.6 Å². The van der Waals surface area contributed by atoms with Crippen LogP contribution in [0.25, 0.3) is 0 Å². The van der Waals surface area contributed by atoms with E-state index in [-0.39, 0.29) is 36.9 Å². The summed E-state index contributed by atoms with van der Waals surface area (Å²) in [6.45, 7) is 0.697. The first kappa shape index (κ1) is 32.2. The molecule has 0 radical (unpaired) electrons. The van der Waals surface area contributed by atoms with Crippen LogP contribution in [0.15, 0.2) is 72.8 Å². The summed E-state index contributed by atoms with van der Waals surface area (Å²) in [6.07, 6.45) is 0.755. The molecule has 3 aromatic rings. The van der Waals surface area contributed by atoms with Crippen LogP contribution in [0.2, 0.25) is 10.0 Å². The van der Waals surface area contributed by atoms with E-state index in [0.29, 0.717) is 30.1 Å². The van der Waals surface area contributed by atoms with E-state index < -0.39 is 24.1 Å². The Kier molecular flexibility index (Phi) is 12.9. The van der Waals surface area contributed by atoms with E-state index in [0.717, 1.165) is 16.7 Å². The van der Waals surface area contributed by atoms with Crippen LogP contribution in [0.1, 0.15) is 29.5 Å². The number of nitrogens with two attached hydrogens (primary N) is 1. The molecule has 10 nitrogen and oxygen atoms in total. The van der Waals surface area contributed by atoms with Crippen molar-refractivity contribution in [3.05, 3.63) is 99.5 Å². The molecule has 0 bridgehead atoms. The van der Waals surface area contributed by atoms with Crippen molar-refractivity contribution >= 4 is 52.8 Å². The number of carbonyl (C=O) groups excluding carboxylic acids is 4. The molecule has 42 heavy (non-hydrogen) atoms. The van der Waals surface area contributed by atoms with Gasteiger partial charge in [0.05, 0.1) is 17.1 Å². The maximum atomic E-state index is 13.0. The summed E-state index contributed by atoms with van der Waals surface area (Å²) in [5.74, 6) is -0.792. The highest BCUT2D eigenvalue weighted by molar-refractivity contribution is 6.36. The number of urea groups is 1. The maximum absolute atomic E-state index is 13.0. The topological polar surface area (TPSA) is 152 Å². The van der Waals surface area contributed by atoms with Crippen LogP contribution in [-0.2, 0) is 33.8 Å². The van der Waals surface area contributed by atoms with Gasteiger partial charge in [0.1, 0.15) is 12.6 Å². The van der Waals surface area contributed by atoms with Crippen molar-refractivity contribution in [2.75, 3.05) is 18.4 Å². The molecule has 12 heteroatoms. The molecule has 1 atom stereocenters. The van der Waals surface area contributed by atoms with E-state index in [2.05, 4.69) is 21.3 Å². The molecule has 3 rings (SSSR count). The number of halogens is 2. The van der Waals surface area contributed by atoms with Gasteiger partial charge in [0.2, 0.25) is 11.8 Å². The molecule has 3 aromatic carbocycles. The van der Waals surface area contributed by atoms with Gasteiger partial charge >= 0.3 is 12.1 Å². The van der Waals surface area contributed by atoms with Gasteiger partial charge in [-0.15, -0.1) is 0 Å². The number of hydrogen-bond acceptors (Lipinski definition) is 5. The average molecular weight is 615 g/mol. The molecule has 6 N–H and O–H groups in total. The van der Waals surface area contributed by atoms with Gasteiger partial charge in [-0.05, 0) is 54.2 Å². The van der Waals surface area contributed by atoms with Crippen LogP contribution in [0, 0.1) is 0 Å². The fourth-order valence-corrected chi connectivity index (χ4v) is 4.38. The Labute approximate surface area is 254 Å². The highest BCUT2D eigenvalue weighted by Crippen LogP contribution is 2.25. The molecule has 0 aromatic heterocycles. The van der Waals surface area contributed by atoms with Crippen LogP contribution < -0.4 is 27.0 Å². The second-order valence-electron chi connectivity index (χ2n) is 9.41. The molecule has 0 saturated carbocycles. The first-order valence-corrected chi connectivity index (χ1v) is 14.1. The molecule has 0 aliphatic carbocycles. The quantitative estimate of drug-likeness (QED) is 0.169. The van der Waals surface area contributed by atoms with Crippen molar-refractivity contribution < 1.29 is 23.9 Å². The number of anilines is 1. The van der Waals surface area contributed by atoms with Gasteiger partial charge in [0.25, 0.3) is 0 Å². The zero-order valence-corrected chi connectivity index (χ0v) is 24.3. The molecule has 5 amide bonds. The third-order valence-corrected chi connectivity index (χ3v) is 6.61. The smallest absolute Gasteiger partial charge is 0.407 e. The van der Waals surface area contributed by atoms with Crippen molar-refractivity contribution in [2.45, 2.75) is 38.3 Å². The number of nitrogens with one attached hydrogen (secondary N) is 4. The standard InChI is InChI=1S/C30H33Cl2N5O5/c31-23-12-13-25(24(32)18-23)36-29(40)37-26(7-4-15-35-30(41)42-19-22-5-2-1-3-6-22)28(39)34-16-14-20-8-10-21(11-9-20)17-27(33)38/h1-3,5-6,8-13,18,26H,4,7,14-17,19H2,(H2,33,38)(H,34,39)(H,35,41)(H2,36,37,40)/t26-/m1/s1. The minimum atomic E-state index is -0.892. The van der Waals surface area contributed by atoms with Gasteiger partial charge in [-0.2, -0.15) is 0 Å². The minimum Gasteiger partial charge on any atom is -0.445 e. The second-order valence-corrected chi connectivity index (χ2v) is 10.3. The van der Waals surface area contributed by atoms with Crippen molar-refractivity contribution in [1.29, 1.82) is 0 Å². The number of primary amides is 1. The van der Waals surface area contributed by atoms with Crippen molar-refractivity contribution in [3.63, 3.8) is 0 Å². The molecule has 222 valence electrons. The summed E-state index contributed by atoms with van der Waals surface area (Å²) in [7, 11) is 0. The first-order valence-electron chi connectivity index (χ1n) is 13.3. The Bertz CT molecular complexity index is 1360. The molecule has 0 aliphatic rings. The minimum absolute atomic E-state index is 0.139. The molecule has 0 heterocycles. The fraction of sp³-hybridized carbons (Fsp3) is 0.267. The SMILES string of the molecule is NC(=O)Cc1ccc(CCNC(=O)[C@@H](CCCNC(=O)OCc2ccccc2)NC(=O)Nc2ccc(Cl)cc2Cl)cc1. The van der Waals surface area contributed by atoms with E-state index in [4.69, 9.17) is 33.7 Å². The summed E-state index contributed by atoms with van der Waals surface area (Å²) in [5.41, 5.74) is 8.19. The zero-order valence-electron chi connectivity index (χ0n) is 22.8. The van der Waals surface area contributed by atoms with E-state index in [9.17, 15) is 19.2 Å². The van der Waals surface area contributed by atoms with Gasteiger partial charge in [0, 0.05) is 18.1 Å². The van der Waals surface area contributed by atoms with E-state index in [1.54, 1.807) is 12.1 Å². The lowest BCUT2D eigenvalue weighted by Crippen LogP contribution is -2.48. The monoisotopic (exact) mass is 613 g/mol. The Balaban J connectivity index is 1.51. The summed E-state index contributed by atoms with van der Waals surface area (Å²) >= 11 is 12.1. The summed E-state index contributed by atoms with van der Waals surface area (Å²) in [4.78, 5) is 48.9. The number of ether oxygens (including phenoxy) is 1. The summed E-state index contributed by atoms with van der Waals surface area (Å²) < 4.78 is 5.20. The van der Waals surface area contributed by atoms with Crippen LogP contribution in [-0.4, -0.2) is 43.1 Å². The van der Waals surface area contributed by atoms with Crippen LogP contribution in [0.3, 0.4) is 0 Å². The molecular weight excluding hydrogens is 581 g/mol. The van der Waals surface area contributed by atoms with Gasteiger partial charge in [0.15, 0.2) is 0 Å². The highest BCUT2D eigenvalue weighted by atomic mass is 35.5. The Morgan fingerprint density at radius 2 is 1.55 bits per heavy atom. The third-order valence-electron chi connectivity index (χ3n) is 6.07. The largest absolute Gasteiger partial charge is 0.445 e. The Morgan fingerprint density at radius 3 is 2.24 bits per heavy atom. The molecular formula is C30H33Cl2N5O5. The zero-order chi connectivity index (χ0) is 30.3.